The molecule has 1 aliphatic rings. The van der Waals surface area contributed by atoms with Crippen LogP contribution in [-0.2, 0) is 11.2 Å². The molecule has 1 aliphatic heterocycles. The van der Waals surface area contributed by atoms with Crippen LogP contribution < -0.4 is 10.6 Å². The molecule has 0 unspecified atom stereocenters. The molecule has 1 saturated heterocycles. The van der Waals surface area contributed by atoms with Gasteiger partial charge < -0.3 is 20.6 Å². The van der Waals surface area contributed by atoms with Gasteiger partial charge in [-0.3, -0.25) is 4.79 Å². The number of aromatic amines is 1. The van der Waals surface area contributed by atoms with Crippen molar-refractivity contribution in [1.82, 2.24) is 20.1 Å². The molecule has 0 aliphatic carbocycles. The summed E-state index contributed by atoms with van der Waals surface area (Å²) in [6, 6.07) is 7.11. The number of aliphatic hydroxyl groups excluding tert-OH is 1. The normalized spacial score (nSPS) is 16.2. The standard InChI is InChI=1S/C15H19ClN6O2/c16-11-3-1-10(2-4-11)9-12(23)13(24)21-5-7-22(8-6-21)15-18-14(17)19-20-15/h1-4,12,23H,5-9H2,(H3,17,18,19,20)/t12-/m0/s1. The maximum absolute atomic E-state index is 12.4. The molecular formula is C15H19ClN6O2. The zero-order valence-corrected chi connectivity index (χ0v) is 13.8. The first kappa shape index (κ1) is 16.5. The van der Waals surface area contributed by atoms with Gasteiger partial charge in [-0.05, 0) is 17.7 Å². The number of nitrogens with one attached hydrogen (secondary N) is 1. The predicted octanol–water partition coefficient (Wildman–Crippen LogP) is 0.293. The summed E-state index contributed by atoms with van der Waals surface area (Å²) in [6.07, 6.45) is -0.787. The average Bonchev–Trinajstić information content (AvgIpc) is 3.03. The van der Waals surface area contributed by atoms with Crippen LogP contribution in [0.4, 0.5) is 11.9 Å². The third-order valence-electron chi connectivity index (χ3n) is 3.99. The number of carbonyl (C=O) groups excluding carboxylic acids is 1. The minimum Gasteiger partial charge on any atom is -0.383 e. The van der Waals surface area contributed by atoms with Crippen molar-refractivity contribution in [3.63, 3.8) is 0 Å². The monoisotopic (exact) mass is 350 g/mol. The summed E-state index contributed by atoms with van der Waals surface area (Å²) in [5.74, 6) is 0.530. The van der Waals surface area contributed by atoms with E-state index < -0.39 is 6.10 Å². The van der Waals surface area contributed by atoms with E-state index in [1.165, 1.54) is 0 Å². The molecule has 0 radical (unpaired) electrons. The Morgan fingerprint density at radius 3 is 2.54 bits per heavy atom. The lowest BCUT2D eigenvalue weighted by atomic mass is 10.1. The molecule has 1 atom stereocenters. The first-order valence-electron chi connectivity index (χ1n) is 7.67. The number of H-pyrrole nitrogens is 1. The molecule has 24 heavy (non-hydrogen) atoms. The van der Waals surface area contributed by atoms with E-state index in [0.29, 0.717) is 37.1 Å². The van der Waals surface area contributed by atoms with Gasteiger partial charge in [-0.2, -0.15) is 4.98 Å². The van der Waals surface area contributed by atoms with E-state index in [1.807, 2.05) is 17.0 Å². The van der Waals surface area contributed by atoms with Gasteiger partial charge in [0, 0.05) is 37.6 Å². The third-order valence-corrected chi connectivity index (χ3v) is 4.24. The van der Waals surface area contributed by atoms with Crippen LogP contribution in [0.5, 0.6) is 0 Å². The fourth-order valence-electron chi connectivity index (χ4n) is 2.68. The number of hydrogen-bond acceptors (Lipinski definition) is 6. The molecule has 9 heteroatoms. The molecule has 0 bridgehead atoms. The summed E-state index contributed by atoms with van der Waals surface area (Å²) >= 11 is 5.84. The Morgan fingerprint density at radius 2 is 1.96 bits per heavy atom. The number of benzene rings is 1. The van der Waals surface area contributed by atoms with Crippen LogP contribution in [0.15, 0.2) is 24.3 Å². The smallest absolute Gasteiger partial charge is 0.251 e. The van der Waals surface area contributed by atoms with Crippen LogP contribution >= 0.6 is 11.6 Å². The van der Waals surface area contributed by atoms with Crippen molar-refractivity contribution in [2.45, 2.75) is 12.5 Å². The number of nitrogens with zero attached hydrogens (tertiary/aromatic N) is 4. The van der Waals surface area contributed by atoms with Crippen molar-refractivity contribution >= 4 is 29.4 Å². The second-order valence-corrected chi connectivity index (χ2v) is 6.12. The lowest BCUT2D eigenvalue weighted by Crippen LogP contribution is -2.52. The van der Waals surface area contributed by atoms with E-state index in [9.17, 15) is 9.90 Å². The fraction of sp³-hybridized carbons (Fsp3) is 0.400. The molecule has 1 aromatic heterocycles. The quantitative estimate of drug-likeness (QED) is 0.731. The van der Waals surface area contributed by atoms with Crippen molar-refractivity contribution in [2.75, 3.05) is 36.8 Å². The summed E-state index contributed by atoms with van der Waals surface area (Å²) in [6.45, 7) is 2.20. The Morgan fingerprint density at radius 1 is 1.29 bits per heavy atom. The second-order valence-electron chi connectivity index (χ2n) is 5.68. The molecule has 4 N–H and O–H groups in total. The summed E-state index contributed by atoms with van der Waals surface area (Å²) in [7, 11) is 0. The van der Waals surface area contributed by atoms with E-state index in [-0.39, 0.29) is 18.3 Å². The van der Waals surface area contributed by atoms with Gasteiger partial charge in [0.1, 0.15) is 6.10 Å². The number of nitrogen functional groups attached to an aromatic ring is 1. The van der Waals surface area contributed by atoms with Gasteiger partial charge in [-0.1, -0.05) is 23.7 Å². The van der Waals surface area contributed by atoms with E-state index in [2.05, 4.69) is 15.2 Å². The van der Waals surface area contributed by atoms with Crippen LogP contribution in [0.25, 0.3) is 0 Å². The van der Waals surface area contributed by atoms with Crippen molar-refractivity contribution in [2.24, 2.45) is 0 Å². The van der Waals surface area contributed by atoms with Gasteiger partial charge in [0.2, 0.25) is 11.9 Å². The third kappa shape index (κ3) is 3.77. The predicted molar refractivity (Wildman–Crippen MR) is 90.8 cm³/mol. The molecular weight excluding hydrogens is 332 g/mol. The van der Waals surface area contributed by atoms with E-state index in [0.717, 1.165) is 5.56 Å². The fourth-order valence-corrected chi connectivity index (χ4v) is 2.80. The second kappa shape index (κ2) is 7.06. The first-order chi connectivity index (χ1) is 11.5. The van der Waals surface area contributed by atoms with Crippen molar-refractivity contribution in [3.05, 3.63) is 34.9 Å². The molecule has 2 aromatic rings. The minimum atomic E-state index is -1.06. The van der Waals surface area contributed by atoms with Gasteiger partial charge in [0.25, 0.3) is 5.91 Å². The first-order valence-corrected chi connectivity index (χ1v) is 8.05. The number of hydrogen-bond donors (Lipinski definition) is 3. The number of aliphatic hydroxyl groups is 1. The van der Waals surface area contributed by atoms with Crippen molar-refractivity contribution < 1.29 is 9.90 Å². The van der Waals surface area contributed by atoms with E-state index in [4.69, 9.17) is 17.3 Å². The summed E-state index contributed by atoms with van der Waals surface area (Å²) in [5.41, 5.74) is 6.39. The lowest BCUT2D eigenvalue weighted by Gasteiger charge is -2.35. The largest absolute Gasteiger partial charge is 0.383 e. The van der Waals surface area contributed by atoms with Gasteiger partial charge in [0.15, 0.2) is 0 Å². The van der Waals surface area contributed by atoms with E-state index in [1.54, 1.807) is 17.0 Å². The minimum absolute atomic E-state index is 0.265. The van der Waals surface area contributed by atoms with Crippen LogP contribution in [0.3, 0.4) is 0 Å². The number of halogens is 1. The molecule has 1 aromatic carbocycles. The molecule has 1 amide bonds. The Hall–Kier alpha value is -2.32. The number of carbonyl (C=O) groups is 1. The van der Waals surface area contributed by atoms with Crippen LogP contribution in [0.1, 0.15) is 5.56 Å². The Balaban J connectivity index is 1.53. The van der Waals surface area contributed by atoms with Crippen LogP contribution in [-0.4, -0.2) is 63.4 Å². The number of nitrogens with two attached hydrogens (primary N) is 1. The Kier molecular flexibility index (Phi) is 4.86. The van der Waals surface area contributed by atoms with Crippen molar-refractivity contribution in [1.29, 1.82) is 0 Å². The number of anilines is 2. The molecule has 8 nitrogen and oxygen atoms in total. The maximum atomic E-state index is 12.4. The lowest BCUT2D eigenvalue weighted by molar-refractivity contribution is -0.140. The Bertz CT molecular complexity index is 696. The van der Waals surface area contributed by atoms with Gasteiger partial charge in [-0.15, -0.1) is 5.10 Å². The van der Waals surface area contributed by atoms with Gasteiger partial charge >= 0.3 is 0 Å². The van der Waals surface area contributed by atoms with Gasteiger partial charge in [-0.25, -0.2) is 5.10 Å². The molecule has 1 fully saturated rings. The summed E-state index contributed by atoms with van der Waals surface area (Å²) in [5, 5.41) is 17.4. The van der Waals surface area contributed by atoms with Crippen LogP contribution in [0, 0.1) is 0 Å². The van der Waals surface area contributed by atoms with E-state index >= 15 is 0 Å². The molecule has 0 spiro atoms. The number of amides is 1. The highest BCUT2D eigenvalue weighted by Crippen LogP contribution is 2.14. The highest BCUT2D eigenvalue weighted by molar-refractivity contribution is 6.30. The number of piperazine rings is 1. The average molecular weight is 351 g/mol. The van der Waals surface area contributed by atoms with Crippen LogP contribution in [0.2, 0.25) is 5.02 Å². The molecule has 0 saturated carbocycles. The highest BCUT2D eigenvalue weighted by Gasteiger charge is 2.27. The van der Waals surface area contributed by atoms with Gasteiger partial charge in [0.05, 0.1) is 0 Å². The highest BCUT2D eigenvalue weighted by atomic mass is 35.5. The SMILES string of the molecule is Nc1nc(N2CCN(C(=O)[C@@H](O)Cc3ccc(Cl)cc3)CC2)n[nH]1. The summed E-state index contributed by atoms with van der Waals surface area (Å²) < 4.78 is 0. The molecule has 128 valence electrons. The number of rotatable bonds is 4. The Labute approximate surface area is 144 Å². The summed E-state index contributed by atoms with van der Waals surface area (Å²) in [4.78, 5) is 20.1. The zero-order chi connectivity index (χ0) is 17.1. The maximum Gasteiger partial charge on any atom is 0.251 e. The number of aromatic nitrogens is 3. The molecule has 2 heterocycles. The van der Waals surface area contributed by atoms with Crippen molar-refractivity contribution in [3.8, 4) is 0 Å². The zero-order valence-electron chi connectivity index (χ0n) is 13.0. The molecule has 3 rings (SSSR count). The topological polar surface area (TPSA) is 111 Å².